The molecule has 0 atom stereocenters. The molecule has 0 radical (unpaired) electrons. The highest BCUT2D eigenvalue weighted by Gasteiger charge is 2.14. The number of hydrogen-bond acceptors (Lipinski definition) is 4. The predicted octanol–water partition coefficient (Wildman–Crippen LogP) is 3.02. The van der Waals surface area contributed by atoms with Gasteiger partial charge in [0, 0.05) is 11.6 Å². The van der Waals surface area contributed by atoms with Gasteiger partial charge in [-0.3, -0.25) is 0 Å². The minimum absolute atomic E-state index is 0.178. The van der Waals surface area contributed by atoms with E-state index in [0.717, 1.165) is 6.26 Å². The molecule has 4 nitrogen and oxygen atoms in total. The van der Waals surface area contributed by atoms with Crippen molar-refractivity contribution in [1.29, 1.82) is 0 Å². The molecule has 2 aromatic carbocycles. The minimum atomic E-state index is -3.53. The average Bonchev–Trinajstić information content (AvgIpc) is 2.47. The molecule has 114 valence electrons. The van der Waals surface area contributed by atoms with Crippen molar-refractivity contribution >= 4 is 20.8 Å². The van der Waals surface area contributed by atoms with Crippen molar-refractivity contribution in [3.63, 3.8) is 0 Å². The van der Waals surface area contributed by atoms with Gasteiger partial charge in [0.25, 0.3) is 0 Å². The van der Waals surface area contributed by atoms with Gasteiger partial charge in [-0.15, -0.1) is 0 Å². The molecule has 3 rings (SSSR count). The summed E-state index contributed by atoms with van der Waals surface area (Å²) in [5, 5.41) is 0.595. The van der Waals surface area contributed by atoms with E-state index in [4.69, 9.17) is 4.42 Å². The van der Waals surface area contributed by atoms with Crippen LogP contribution in [0.1, 0.15) is 0 Å². The second kappa shape index (κ2) is 6.53. The fraction of sp³-hybridized carbons (Fsp3) is 0.0625. The van der Waals surface area contributed by atoms with Crippen LogP contribution in [0.15, 0.2) is 74.8 Å². The molecule has 0 spiro atoms. The Bertz CT molecular complexity index is 931. The molecule has 0 aliphatic heterocycles. The Morgan fingerprint density at radius 2 is 1.55 bits per heavy atom. The fourth-order valence-corrected chi connectivity index (χ4v) is 2.40. The van der Waals surface area contributed by atoms with E-state index in [-0.39, 0.29) is 10.7 Å². The zero-order valence-corrected chi connectivity index (χ0v) is 12.5. The van der Waals surface area contributed by atoms with Crippen LogP contribution in [-0.4, -0.2) is 14.7 Å². The molecular formula is C16H13FO4S. The van der Waals surface area contributed by atoms with Gasteiger partial charge in [-0.2, -0.15) is 0 Å². The van der Waals surface area contributed by atoms with Crippen LogP contribution in [0.25, 0.3) is 11.0 Å². The summed E-state index contributed by atoms with van der Waals surface area (Å²) in [6.07, 6.45) is 0.980. The molecule has 1 aromatic heterocycles. The third-order valence-electron chi connectivity index (χ3n) is 2.74. The topological polar surface area (TPSA) is 64.3 Å². The van der Waals surface area contributed by atoms with Crippen LogP contribution >= 0.6 is 0 Å². The van der Waals surface area contributed by atoms with E-state index >= 15 is 0 Å². The molecule has 0 saturated carbocycles. The summed E-state index contributed by atoms with van der Waals surface area (Å²) in [5.41, 5.74) is -0.439. The SMILES string of the molecule is CS(=O)(=O)c1cc2ccccc2oc1=O.Fc1ccccc1. The van der Waals surface area contributed by atoms with Crippen molar-refractivity contribution in [3.8, 4) is 0 Å². The van der Waals surface area contributed by atoms with Gasteiger partial charge in [-0.25, -0.2) is 17.6 Å². The largest absolute Gasteiger partial charge is 0.422 e. The lowest BCUT2D eigenvalue weighted by Crippen LogP contribution is -2.12. The molecule has 6 heteroatoms. The average molecular weight is 320 g/mol. The molecule has 0 aliphatic rings. The summed E-state index contributed by atoms with van der Waals surface area (Å²) < 4.78 is 39.3. The number of sulfone groups is 1. The van der Waals surface area contributed by atoms with Crippen LogP contribution in [0, 0.1) is 5.82 Å². The van der Waals surface area contributed by atoms with Gasteiger partial charge >= 0.3 is 5.63 Å². The highest BCUT2D eigenvalue weighted by Crippen LogP contribution is 2.14. The van der Waals surface area contributed by atoms with Crippen LogP contribution in [0.3, 0.4) is 0 Å². The quantitative estimate of drug-likeness (QED) is 0.647. The smallest absolute Gasteiger partial charge is 0.355 e. The maximum absolute atomic E-state index is 11.9. The molecule has 0 N–H and O–H groups in total. The lowest BCUT2D eigenvalue weighted by molar-refractivity contribution is 0.534. The van der Waals surface area contributed by atoms with E-state index in [9.17, 15) is 17.6 Å². The Hall–Kier alpha value is -2.47. The second-order valence-corrected chi connectivity index (χ2v) is 6.49. The zero-order chi connectivity index (χ0) is 16.2. The van der Waals surface area contributed by atoms with Crippen LogP contribution in [0.4, 0.5) is 4.39 Å². The summed E-state index contributed by atoms with van der Waals surface area (Å²) >= 11 is 0. The Labute approximate surface area is 126 Å². The molecule has 0 aliphatic carbocycles. The number of hydrogen-bond donors (Lipinski definition) is 0. The Balaban J connectivity index is 0.000000211. The number of halogens is 1. The molecule has 0 amide bonds. The van der Waals surface area contributed by atoms with Crippen molar-refractivity contribution < 1.29 is 17.2 Å². The van der Waals surface area contributed by atoms with E-state index in [0.29, 0.717) is 11.0 Å². The molecular weight excluding hydrogens is 307 g/mol. The lowest BCUT2D eigenvalue weighted by Gasteiger charge is -1.98. The predicted molar refractivity (Wildman–Crippen MR) is 82.0 cm³/mol. The molecule has 3 aromatic rings. The van der Waals surface area contributed by atoms with Gasteiger partial charge < -0.3 is 4.42 Å². The third-order valence-corrected chi connectivity index (χ3v) is 3.83. The van der Waals surface area contributed by atoms with Gasteiger partial charge in [0.15, 0.2) is 14.7 Å². The summed E-state index contributed by atoms with van der Waals surface area (Å²) in [6, 6.07) is 16.0. The van der Waals surface area contributed by atoms with Crippen LogP contribution in [0.2, 0.25) is 0 Å². The second-order valence-electron chi connectivity index (χ2n) is 4.50. The normalized spacial score (nSPS) is 10.8. The summed E-state index contributed by atoms with van der Waals surface area (Å²) in [7, 11) is -3.53. The molecule has 0 unspecified atom stereocenters. The monoisotopic (exact) mass is 320 g/mol. The molecule has 1 heterocycles. The maximum atomic E-state index is 11.9. The van der Waals surface area contributed by atoms with Gasteiger partial charge in [0.05, 0.1) is 0 Å². The highest BCUT2D eigenvalue weighted by atomic mass is 32.2. The van der Waals surface area contributed by atoms with Crippen molar-refractivity contribution in [2.45, 2.75) is 4.90 Å². The summed E-state index contributed by atoms with van der Waals surface area (Å²) in [5.74, 6) is -0.178. The first-order chi connectivity index (χ1) is 10.4. The first-order valence-corrected chi connectivity index (χ1v) is 8.20. The summed E-state index contributed by atoms with van der Waals surface area (Å²) in [4.78, 5) is 11.0. The van der Waals surface area contributed by atoms with Crippen molar-refractivity contribution in [3.05, 3.63) is 76.9 Å². The molecule has 0 bridgehead atoms. The standard InChI is InChI=1S/C10H8O4S.C6H5F/c1-15(12,13)9-6-7-4-2-3-5-8(7)14-10(9)11;7-6-4-2-1-3-5-6/h2-6H,1H3;1-5H. The first-order valence-electron chi connectivity index (χ1n) is 6.31. The van der Waals surface area contributed by atoms with Crippen molar-refractivity contribution in [1.82, 2.24) is 0 Å². The molecule has 0 fully saturated rings. The van der Waals surface area contributed by atoms with Crippen molar-refractivity contribution in [2.75, 3.05) is 6.26 Å². The van der Waals surface area contributed by atoms with Gasteiger partial charge in [0.2, 0.25) is 0 Å². The van der Waals surface area contributed by atoms with Crippen LogP contribution in [-0.2, 0) is 9.84 Å². The summed E-state index contributed by atoms with van der Waals surface area (Å²) in [6.45, 7) is 0. The van der Waals surface area contributed by atoms with E-state index in [1.165, 1.54) is 18.2 Å². The zero-order valence-electron chi connectivity index (χ0n) is 11.7. The fourth-order valence-electron chi connectivity index (χ4n) is 1.72. The van der Waals surface area contributed by atoms with Crippen molar-refractivity contribution in [2.24, 2.45) is 0 Å². The third kappa shape index (κ3) is 4.02. The van der Waals surface area contributed by atoms with E-state index in [1.807, 2.05) is 0 Å². The highest BCUT2D eigenvalue weighted by molar-refractivity contribution is 7.90. The van der Waals surface area contributed by atoms with E-state index < -0.39 is 15.5 Å². The Morgan fingerprint density at radius 3 is 2.09 bits per heavy atom. The van der Waals surface area contributed by atoms with Gasteiger partial charge in [-0.05, 0) is 24.3 Å². The number of fused-ring (bicyclic) bond motifs is 1. The number of benzene rings is 2. The first kappa shape index (κ1) is 15.9. The Kier molecular flexibility index (Phi) is 4.72. The lowest BCUT2D eigenvalue weighted by atomic mass is 10.2. The Morgan fingerprint density at radius 1 is 0.955 bits per heavy atom. The minimum Gasteiger partial charge on any atom is -0.422 e. The van der Waals surface area contributed by atoms with Gasteiger partial charge in [-0.1, -0.05) is 36.4 Å². The van der Waals surface area contributed by atoms with Gasteiger partial charge in [0.1, 0.15) is 11.4 Å². The maximum Gasteiger partial charge on any atom is 0.355 e. The molecule has 0 saturated heterocycles. The van der Waals surface area contributed by atoms with E-state index in [2.05, 4.69) is 0 Å². The number of para-hydroxylation sites is 1. The number of rotatable bonds is 1. The van der Waals surface area contributed by atoms with E-state index in [1.54, 1.807) is 42.5 Å². The molecule has 22 heavy (non-hydrogen) atoms. The van der Waals surface area contributed by atoms with Crippen LogP contribution < -0.4 is 5.63 Å². The van der Waals surface area contributed by atoms with Crippen LogP contribution in [0.5, 0.6) is 0 Å².